The second-order valence-electron chi connectivity index (χ2n) is 4.11. The Balaban J connectivity index is 2.32. The molecule has 0 aliphatic carbocycles. The van der Waals surface area contributed by atoms with Crippen molar-refractivity contribution < 1.29 is 19.4 Å². The van der Waals surface area contributed by atoms with Gasteiger partial charge in [-0.3, -0.25) is 0 Å². The van der Waals surface area contributed by atoms with Gasteiger partial charge >= 0.3 is 5.97 Å². The Morgan fingerprint density at radius 2 is 2.00 bits per heavy atom. The molecule has 1 unspecified atom stereocenters. The predicted molar refractivity (Wildman–Crippen MR) is 68.4 cm³/mol. The van der Waals surface area contributed by atoms with Gasteiger partial charge in [0.2, 0.25) is 0 Å². The van der Waals surface area contributed by atoms with Crippen LogP contribution in [0.4, 0.5) is 0 Å². The molecule has 1 aromatic carbocycles. The number of hydrogen-bond donors (Lipinski definition) is 1. The molecule has 0 fully saturated rings. The van der Waals surface area contributed by atoms with E-state index < -0.39 is 6.10 Å². The summed E-state index contributed by atoms with van der Waals surface area (Å²) in [6.07, 6.45) is 1.36. The van der Waals surface area contributed by atoms with Gasteiger partial charge in [0, 0.05) is 0 Å². The molecule has 0 spiro atoms. The van der Waals surface area contributed by atoms with Gasteiger partial charge in [0.1, 0.15) is 5.75 Å². The summed E-state index contributed by atoms with van der Waals surface area (Å²) in [7, 11) is 0. The number of hydrogen-bond acceptors (Lipinski definition) is 4. The Morgan fingerprint density at radius 3 is 2.56 bits per heavy atom. The quantitative estimate of drug-likeness (QED) is 0.598. The maximum Gasteiger partial charge on any atom is 0.344 e. The number of aliphatic hydroxyl groups excluding tert-OH is 1. The zero-order chi connectivity index (χ0) is 13.4. The van der Waals surface area contributed by atoms with E-state index in [1.54, 1.807) is 31.2 Å². The third kappa shape index (κ3) is 5.19. The summed E-state index contributed by atoms with van der Waals surface area (Å²) < 4.78 is 10.2. The van der Waals surface area contributed by atoms with Crippen LogP contribution < -0.4 is 4.74 Å². The fraction of sp³-hybridized carbons (Fsp3) is 0.500. The number of aliphatic hydroxyl groups is 1. The zero-order valence-corrected chi connectivity index (χ0v) is 10.9. The van der Waals surface area contributed by atoms with Crippen molar-refractivity contribution in [3.63, 3.8) is 0 Å². The van der Waals surface area contributed by atoms with Gasteiger partial charge in [-0.25, -0.2) is 4.79 Å². The molecule has 100 valence electrons. The first-order chi connectivity index (χ1) is 8.63. The molecule has 0 aromatic heterocycles. The highest BCUT2D eigenvalue weighted by Crippen LogP contribution is 2.17. The Bertz CT molecular complexity index is 357. The van der Waals surface area contributed by atoms with Gasteiger partial charge in [0.05, 0.1) is 12.7 Å². The molecular formula is C14H20O4. The number of ether oxygens (including phenoxy) is 2. The molecule has 1 atom stereocenters. The van der Waals surface area contributed by atoms with E-state index in [-0.39, 0.29) is 12.6 Å². The summed E-state index contributed by atoms with van der Waals surface area (Å²) in [5.41, 5.74) is 0.813. The second kappa shape index (κ2) is 7.71. The third-order valence-electron chi connectivity index (χ3n) is 2.48. The lowest BCUT2D eigenvalue weighted by Gasteiger charge is -2.08. The highest BCUT2D eigenvalue weighted by atomic mass is 16.6. The average molecular weight is 252 g/mol. The first-order valence-corrected chi connectivity index (χ1v) is 6.20. The van der Waals surface area contributed by atoms with E-state index in [0.717, 1.165) is 18.4 Å². The predicted octanol–water partition coefficient (Wildman–Crippen LogP) is 2.46. The van der Waals surface area contributed by atoms with Crippen LogP contribution >= 0.6 is 0 Å². The van der Waals surface area contributed by atoms with Crippen LogP contribution in [-0.2, 0) is 9.53 Å². The minimum atomic E-state index is -0.502. The minimum Gasteiger partial charge on any atom is -0.482 e. The molecule has 4 heteroatoms. The number of unbranched alkanes of at least 4 members (excludes halogenated alkanes) is 1. The molecule has 4 nitrogen and oxygen atoms in total. The first kappa shape index (κ1) is 14.5. The summed E-state index contributed by atoms with van der Waals surface area (Å²) in [6.45, 7) is 4.09. The molecule has 0 heterocycles. The maximum atomic E-state index is 11.3. The molecular weight excluding hydrogens is 232 g/mol. The van der Waals surface area contributed by atoms with Crippen LogP contribution in [0.15, 0.2) is 24.3 Å². The number of esters is 1. The van der Waals surface area contributed by atoms with Crippen LogP contribution in [-0.4, -0.2) is 24.3 Å². The standard InChI is InChI=1S/C14H20O4/c1-3-4-9-17-14(16)10-18-13-7-5-12(6-8-13)11(2)15/h5-8,11,15H,3-4,9-10H2,1-2H3. The van der Waals surface area contributed by atoms with Crippen molar-refractivity contribution in [1.82, 2.24) is 0 Å². The van der Waals surface area contributed by atoms with E-state index in [0.29, 0.717) is 12.4 Å². The third-order valence-corrected chi connectivity index (χ3v) is 2.48. The lowest BCUT2D eigenvalue weighted by Crippen LogP contribution is -2.15. The monoisotopic (exact) mass is 252 g/mol. The Labute approximate surface area is 108 Å². The molecule has 0 aliphatic rings. The Kier molecular flexibility index (Phi) is 6.22. The van der Waals surface area contributed by atoms with Crippen molar-refractivity contribution in [2.24, 2.45) is 0 Å². The summed E-state index contributed by atoms with van der Waals surface area (Å²) in [5, 5.41) is 9.34. The maximum absolute atomic E-state index is 11.3. The highest BCUT2D eigenvalue weighted by Gasteiger charge is 2.05. The van der Waals surface area contributed by atoms with E-state index >= 15 is 0 Å². The van der Waals surface area contributed by atoms with Crippen LogP contribution in [0.3, 0.4) is 0 Å². The zero-order valence-electron chi connectivity index (χ0n) is 10.9. The van der Waals surface area contributed by atoms with Crippen LogP contribution in [0.25, 0.3) is 0 Å². The number of carbonyl (C=O) groups is 1. The number of benzene rings is 1. The van der Waals surface area contributed by atoms with Crippen molar-refractivity contribution in [2.75, 3.05) is 13.2 Å². The Hall–Kier alpha value is -1.55. The van der Waals surface area contributed by atoms with E-state index in [2.05, 4.69) is 0 Å². The van der Waals surface area contributed by atoms with Gasteiger partial charge in [0.25, 0.3) is 0 Å². The molecule has 18 heavy (non-hydrogen) atoms. The SMILES string of the molecule is CCCCOC(=O)COc1ccc(C(C)O)cc1. The molecule has 0 saturated heterocycles. The molecule has 0 radical (unpaired) electrons. The number of rotatable bonds is 7. The minimum absolute atomic E-state index is 0.0856. The second-order valence-corrected chi connectivity index (χ2v) is 4.11. The van der Waals surface area contributed by atoms with Crippen molar-refractivity contribution in [3.05, 3.63) is 29.8 Å². The summed E-state index contributed by atoms with van der Waals surface area (Å²) in [5.74, 6) is 0.231. The largest absolute Gasteiger partial charge is 0.482 e. The highest BCUT2D eigenvalue weighted by molar-refractivity contribution is 5.71. The lowest BCUT2D eigenvalue weighted by molar-refractivity contribution is -0.146. The van der Waals surface area contributed by atoms with Gasteiger partial charge in [-0.1, -0.05) is 25.5 Å². The van der Waals surface area contributed by atoms with E-state index in [4.69, 9.17) is 9.47 Å². The van der Waals surface area contributed by atoms with Crippen LogP contribution in [0.1, 0.15) is 38.4 Å². The fourth-order valence-corrected chi connectivity index (χ4v) is 1.36. The van der Waals surface area contributed by atoms with Crippen molar-refractivity contribution >= 4 is 5.97 Å². The Morgan fingerprint density at radius 1 is 1.33 bits per heavy atom. The van der Waals surface area contributed by atoms with Crippen LogP contribution in [0.5, 0.6) is 5.75 Å². The topological polar surface area (TPSA) is 55.8 Å². The van der Waals surface area contributed by atoms with E-state index in [9.17, 15) is 9.90 Å². The number of carbonyl (C=O) groups excluding carboxylic acids is 1. The van der Waals surface area contributed by atoms with Gasteiger partial charge in [-0.05, 0) is 31.0 Å². The van der Waals surface area contributed by atoms with Gasteiger partial charge in [0.15, 0.2) is 6.61 Å². The van der Waals surface area contributed by atoms with E-state index in [1.807, 2.05) is 6.92 Å². The average Bonchev–Trinajstić information content (AvgIpc) is 2.37. The fourth-order valence-electron chi connectivity index (χ4n) is 1.36. The molecule has 1 N–H and O–H groups in total. The molecule has 1 rings (SSSR count). The summed E-state index contributed by atoms with van der Waals surface area (Å²) in [4.78, 5) is 11.3. The van der Waals surface area contributed by atoms with Crippen molar-refractivity contribution in [1.29, 1.82) is 0 Å². The molecule has 0 bridgehead atoms. The molecule has 0 saturated carbocycles. The molecule has 0 amide bonds. The van der Waals surface area contributed by atoms with Crippen LogP contribution in [0, 0.1) is 0 Å². The summed E-state index contributed by atoms with van der Waals surface area (Å²) >= 11 is 0. The normalized spacial score (nSPS) is 11.9. The molecule has 0 aliphatic heterocycles. The van der Waals surface area contributed by atoms with Crippen LogP contribution in [0.2, 0.25) is 0 Å². The van der Waals surface area contributed by atoms with Crippen molar-refractivity contribution in [2.45, 2.75) is 32.8 Å². The lowest BCUT2D eigenvalue weighted by atomic mass is 10.1. The first-order valence-electron chi connectivity index (χ1n) is 6.20. The summed E-state index contributed by atoms with van der Waals surface area (Å²) in [6, 6.07) is 6.98. The molecule has 1 aromatic rings. The van der Waals surface area contributed by atoms with E-state index in [1.165, 1.54) is 0 Å². The smallest absolute Gasteiger partial charge is 0.344 e. The van der Waals surface area contributed by atoms with Crippen molar-refractivity contribution in [3.8, 4) is 5.75 Å². The van der Waals surface area contributed by atoms with Gasteiger partial charge < -0.3 is 14.6 Å². The van der Waals surface area contributed by atoms with Gasteiger partial charge in [-0.2, -0.15) is 0 Å². The van der Waals surface area contributed by atoms with Gasteiger partial charge in [-0.15, -0.1) is 0 Å².